The molecule has 0 saturated carbocycles. The van der Waals surface area contributed by atoms with Gasteiger partial charge < -0.3 is 10.0 Å². The monoisotopic (exact) mass is 242 g/mol. The number of aliphatic hydroxyl groups is 1. The Balaban J connectivity index is 2.08. The first kappa shape index (κ1) is 11.5. The highest BCUT2D eigenvalue weighted by Gasteiger charge is 2.20. The lowest BCUT2D eigenvalue weighted by Crippen LogP contribution is -2.20. The molecule has 1 fully saturated rings. The molecule has 0 aliphatic carbocycles. The molecule has 2 heterocycles. The Kier molecular flexibility index (Phi) is 2.92. The average molecular weight is 242 g/mol. The van der Waals surface area contributed by atoms with E-state index in [1.807, 2.05) is 30.3 Å². The Bertz CT molecular complexity index is 567. The zero-order valence-electron chi connectivity index (χ0n) is 10.6. The van der Waals surface area contributed by atoms with Gasteiger partial charge in [0.15, 0.2) is 0 Å². The van der Waals surface area contributed by atoms with Gasteiger partial charge in [0.2, 0.25) is 0 Å². The number of anilines is 1. The first-order valence-corrected chi connectivity index (χ1v) is 6.52. The van der Waals surface area contributed by atoms with Crippen molar-refractivity contribution in [1.29, 1.82) is 0 Å². The molecule has 1 atom stereocenters. The predicted octanol–water partition coefficient (Wildman–Crippen LogP) is 2.57. The number of benzene rings is 1. The minimum atomic E-state index is 0.0689. The van der Waals surface area contributed by atoms with Gasteiger partial charge in [0.25, 0.3) is 0 Å². The van der Waals surface area contributed by atoms with Crippen molar-refractivity contribution in [2.24, 2.45) is 5.92 Å². The van der Waals surface area contributed by atoms with Crippen LogP contribution in [-0.2, 0) is 6.61 Å². The lowest BCUT2D eigenvalue weighted by molar-refractivity contribution is 0.283. The molecule has 3 heteroatoms. The van der Waals surface area contributed by atoms with Crippen LogP contribution in [0.1, 0.15) is 18.9 Å². The second-order valence-electron chi connectivity index (χ2n) is 5.15. The van der Waals surface area contributed by atoms with Crippen molar-refractivity contribution in [2.75, 3.05) is 18.0 Å². The van der Waals surface area contributed by atoms with E-state index in [4.69, 9.17) is 4.98 Å². The topological polar surface area (TPSA) is 36.4 Å². The van der Waals surface area contributed by atoms with Gasteiger partial charge in [-0.1, -0.05) is 25.1 Å². The summed E-state index contributed by atoms with van der Waals surface area (Å²) >= 11 is 0. The molecule has 3 rings (SSSR count). The molecule has 18 heavy (non-hydrogen) atoms. The highest BCUT2D eigenvalue weighted by Crippen LogP contribution is 2.26. The van der Waals surface area contributed by atoms with E-state index < -0.39 is 0 Å². The van der Waals surface area contributed by atoms with Crippen LogP contribution in [0.2, 0.25) is 0 Å². The molecular weight excluding hydrogens is 224 g/mol. The van der Waals surface area contributed by atoms with Crippen molar-refractivity contribution in [3.05, 3.63) is 35.9 Å². The van der Waals surface area contributed by atoms with Crippen molar-refractivity contribution in [3.8, 4) is 0 Å². The molecular formula is C15H18N2O. The van der Waals surface area contributed by atoms with Gasteiger partial charge in [0, 0.05) is 18.5 Å². The molecule has 1 aliphatic rings. The fourth-order valence-corrected chi connectivity index (χ4v) is 2.67. The molecule has 0 bridgehead atoms. The van der Waals surface area contributed by atoms with Gasteiger partial charge >= 0.3 is 0 Å². The summed E-state index contributed by atoms with van der Waals surface area (Å²) in [4.78, 5) is 7.03. The van der Waals surface area contributed by atoms with Gasteiger partial charge in [0.05, 0.1) is 12.1 Å². The summed E-state index contributed by atoms with van der Waals surface area (Å²) in [6, 6.07) is 10.0. The maximum absolute atomic E-state index is 9.51. The Hall–Kier alpha value is -1.61. The Morgan fingerprint density at radius 2 is 2.22 bits per heavy atom. The fourth-order valence-electron chi connectivity index (χ4n) is 2.67. The van der Waals surface area contributed by atoms with E-state index in [2.05, 4.69) is 11.8 Å². The van der Waals surface area contributed by atoms with Gasteiger partial charge in [-0.15, -0.1) is 0 Å². The molecule has 1 aromatic heterocycles. The standard InChI is InChI=1S/C15H18N2O/c1-11-6-7-17(9-11)15-8-12(10-18)13-4-2-3-5-14(13)16-15/h2-5,8,11,18H,6-7,9-10H2,1H3. The van der Waals surface area contributed by atoms with Crippen LogP contribution in [0.4, 0.5) is 5.82 Å². The number of aromatic nitrogens is 1. The molecule has 0 radical (unpaired) electrons. The van der Waals surface area contributed by atoms with Crippen LogP contribution in [0.15, 0.2) is 30.3 Å². The minimum absolute atomic E-state index is 0.0689. The maximum atomic E-state index is 9.51. The SMILES string of the molecule is CC1CCN(c2cc(CO)c3ccccc3n2)C1. The van der Waals surface area contributed by atoms with E-state index >= 15 is 0 Å². The third-order valence-electron chi connectivity index (χ3n) is 3.71. The Labute approximate surface area is 107 Å². The van der Waals surface area contributed by atoms with Crippen LogP contribution < -0.4 is 4.90 Å². The predicted molar refractivity (Wildman–Crippen MR) is 73.7 cm³/mol. The van der Waals surface area contributed by atoms with Gasteiger partial charge in [-0.3, -0.25) is 0 Å². The van der Waals surface area contributed by atoms with Crippen LogP contribution in [0.3, 0.4) is 0 Å². The van der Waals surface area contributed by atoms with Crippen molar-refractivity contribution in [1.82, 2.24) is 4.98 Å². The summed E-state index contributed by atoms with van der Waals surface area (Å²) in [6.07, 6.45) is 1.23. The normalized spacial score (nSPS) is 19.7. The third-order valence-corrected chi connectivity index (χ3v) is 3.71. The van der Waals surface area contributed by atoms with Gasteiger partial charge in [-0.05, 0) is 30.0 Å². The number of aliphatic hydroxyl groups excluding tert-OH is 1. The molecule has 0 spiro atoms. The highest BCUT2D eigenvalue weighted by atomic mass is 16.3. The smallest absolute Gasteiger partial charge is 0.129 e. The van der Waals surface area contributed by atoms with E-state index in [1.165, 1.54) is 6.42 Å². The van der Waals surface area contributed by atoms with Crippen LogP contribution in [-0.4, -0.2) is 23.2 Å². The number of pyridine rings is 1. The van der Waals surface area contributed by atoms with Gasteiger partial charge in [-0.2, -0.15) is 0 Å². The van der Waals surface area contributed by atoms with Crippen LogP contribution in [0.5, 0.6) is 0 Å². The van der Waals surface area contributed by atoms with Crippen molar-refractivity contribution >= 4 is 16.7 Å². The number of nitrogens with zero attached hydrogens (tertiary/aromatic N) is 2. The second kappa shape index (κ2) is 4.58. The molecule has 0 amide bonds. The minimum Gasteiger partial charge on any atom is -0.392 e. The first-order valence-electron chi connectivity index (χ1n) is 6.52. The van der Waals surface area contributed by atoms with E-state index in [1.54, 1.807) is 0 Å². The molecule has 2 aromatic rings. The molecule has 1 saturated heterocycles. The maximum Gasteiger partial charge on any atom is 0.129 e. The van der Waals surface area contributed by atoms with Crippen molar-refractivity contribution < 1.29 is 5.11 Å². The summed E-state index contributed by atoms with van der Waals surface area (Å²) in [7, 11) is 0. The van der Waals surface area contributed by atoms with Crippen molar-refractivity contribution in [2.45, 2.75) is 20.0 Å². The van der Waals surface area contributed by atoms with E-state index in [9.17, 15) is 5.11 Å². The van der Waals surface area contributed by atoms with Crippen molar-refractivity contribution in [3.63, 3.8) is 0 Å². The Morgan fingerprint density at radius 1 is 1.39 bits per heavy atom. The summed E-state index contributed by atoms with van der Waals surface area (Å²) < 4.78 is 0. The largest absolute Gasteiger partial charge is 0.392 e. The molecule has 1 N–H and O–H groups in total. The molecule has 3 nitrogen and oxygen atoms in total. The average Bonchev–Trinajstić information content (AvgIpc) is 2.84. The van der Waals surface area contributed by atoms with E-state index in [-0.39, 0.29) is 6.61 Å². The van der Waals surface area contributed by atoms with Crippen LogP contribution in [0.25, 0.3) is 10.9 Å². The summed E-state index contributed by atoms with van der Waals surface area (Å²) in [6.45, 7) is 4.47. The van der Waals surface area contributed by atoms with E-state index in [0.29, 0.717) is 0 Å². The number of para-hydroxylation sites is 1. The molecule has 1 unspecified atom stereocenters. The highest BCUT2D eigenvalue weighted by molar-refractivity contribution is 5.84. The lowest BCUT2D eigenvalue weighted by atomic mass is 10.1. The Morgan fingerprint density at radius 3 is 2.94 bits per heavy atom. The van der Waals surface area contributed by atoms with Crippen LogP contribution in [0, 0.1) is 5.92 Å². The zero-order chi connectivity index (χ0) is 12.5. The van der Waals surface area contributed by atoms with E-state index in [0.717, 1.165) is 41.3 Å². The van der Waals surface area contributed by atoms with Gasteiger partial charge in [-0.25, -0.2) is 4.98 Å². The lowest BCUT2D eigenvalue weighted by Gasteiger charge is -2.18. The molecule has 94 valence electrons. The summed E-state index contributed by atoms with van der Waals surface area (Å²) in [5.74, 6) is 1.73. The van der Waals surface area contributed by atoms with Crippen LogP contribution >= 0.6 is 0 Å². The summed E-state index contributed by atoms with van der Waals surface area (Å²) in [5.41, 5.74) is 1.94. The third kappa shape index (κ3) is 1.95. The summed E-state index contributed by atoms with van der Waals surface area (Å²) in [5, 5.41) is 10.6. The number of hydrogen-bond acceptors (Lipinski definition) is 3. The quantitative estimate of drug-likeness (QED) is 0.879. The zero-order valence-corrected chi connectivity index (χ0v) is 10.6. The second-order valence-corrected chi connectivity index (χ2v) is 5.15. The number of fused-ring (bicyclic) bond motifs is 1. The number of rotatable bonds is 2. The molecule has 1 aliphatic heterocycles. The fraction of sp³-hybridized carbons (Fsp3) is 0.400. The van der Waals surface area contributed by atoms with Gasteiger partial charge in [0.1, 0.15) is 5.82 Å². The molecule has 1 aromatic carbocycles. The first-order chi connectivity index (χ1) is 8.78. The number of hydrogen-bond donors (Lipinski definition) is 1.